The van der Waals surface area contributed by atoms with E-state index in [1.165, 1.54) is 0 Å². The van der Waals surface area contributed by atoms with Crippen molar-refractivity contribution in [3.8, 4) is 5.75 Å². The number of halogens is 1. The number of carbonyl (C=O) groups is 1. The van der Waals surface area contributed by atoms with Gasteiger partial charge in [-0.1, -0.05) is 16.6 Å². The van der Waals surface area contributed by atoms with Crippen LogP contribution in [-0.2, 0) is 0 Å². The van der Waals surface area contributed by atoms with E-state index in [-0.39, 0.29) is 12.0 Å². The third kappa shape index (κ3) is 4.00. The fraction of sp³-hybridized carbons (Fsp3) is 0.250. The molecule has 0 unspecified atom stereocenters. The van der Waals surface area contributed by atoms with Crippen LogP contribution >= 0.6 is 27.5 Å². The first-order valence-corrected chi connectivity index (χ1v) is 7.26. The number of hydrogen-bond acceptors (Lipinski definition) is 5. The second-order valence-corrected chi connectivity index (χ2v) is 5.32. The minimum Gasteiger partial charge on any atom is -0.488 e. The maximum atomic E-state index is 11.7. The van der Waals surface area contributed by atoms with Gasteiger partial charge in [0.2, 0.25) is 0 Å². The highest BCUT2D eigenvalue weighted by molar-refractivity contribution is 9.10. The molecule has 0 radical (unpaired) electrons. The lowest BCUT2D eigenvalue weighted by atomic mass is 10.3. The zero-order valence-electron chi connectivity index (χ0n) is 10.2. The molecule has 0 aliphatic heterocycles. The third-order valence-corrected chi connectivity index (χ3v) is 3.47. The Balaban J connectivity index is 1.84. The van der Waals surface area contributed by atoms with Gasteiger partial charge < -0.3 is 10.1 Å². The Kier molecular flexibility index (Phi) is 4.86. The monoisotopic (exact) mass is 341 g/mol. The minimum atomic E-state index is -0.240. The van der Waals surface area contributed by atoms with Crippen molar-refractivity contribution < 1.29 is 9.53 Å². The van der Waals surface area contributed by atoms with Crippen LogP contribution in [0.15, 0.2) is 34.1 Å². The number of benzene rings is 1. The number of rotatable bonds is 5. The van der Waals surface area contributed by atoms with Crippen molar-refractivity contribution in [1.29, 1.82) is 0 Å². The molecule has 1 aromatic heterocycles. The predicted molar refractivity (Wildman–Crippen MR) is 76.5 cm³/mol. The smallest absolute Gasteiger partial charge is 0.272 e. The molecule has 1 heterocycles. The van der Waals surface area contributed by atoms with Crippen molar-refractivity contribution in [3.63, 3.8) is 0 Å². The molecule has 7 heteroatoms. The van der Waals surface area contributed by atoms with Gasteiger partial charge >= 0.3 is 0 Å². The van der Waals surface area contributed by atoms with Crippen LogP contribution in [0.4, 0.5) is 0 Å². The first-order valence-electron chi connectivity index (χ1n) is 5.63. The first kappa shape index (κ1) is 14.0. The molecule has 0 aliphatic carbocycles. The molecule has 2 rings (SSSR count). The predicted octanol–water partition coefficient (Wildman–Crippen LogP) is 2.50. The molecule has 0 saturated carbocycles. The Bertz CT molecular complexity index is 548. The van der Waals surface area contributed by atoms with Crippen LogP contribution in [0.2, 0.25) is 0 Å². The largest absolute Gasteiger partial charge is 0.488 e. The normalized spacial score (nSPS) is 11.9. The Morgan fingerprint density at radius 3 is 3.00 bits per heavy atom. The van der Waals surface area contributed by atoms with Gasteiger partial charge in [0.25, 0.3) is 5.91 Å². The molecule has 0 aliphatic rings. The van der Waals surface area contributed by atoms with Crippen LogP contribution in [0.25, 0.3) is 0 Å². The van der Waals surface area contributed by atoms with Gasteiger partial charge in [-0.3, -0.25) is 4.79 Å². The number of amides is 1. The molecule has 0 bridgehead atoms. The van der Waals surface area contributed by atoms with Crippen LogP contribution in [0.3, 0.4) is 0 Å². The highest BCUT2D eigenvalue weighted by Crippen LogP contribution is 2.24. The number of aromatic nitrogens is 2. The van der Waals surface area contributed by atoms with Crippen molar-refractivity contribution >= 4 is 33.4 Å². The SMILES string of the molecule is C[C@@H](CNC(=O)c1csnn1)Oc1ccccc1Br. The Labute approximate surface area is 123 Å². The van der Waals surface area contributed by atoms with E-state index in [1.807, 2.05) is 31.2 Å². The molecule has 100 valence electrons. The van der Waals surface area contributed by atoms with Gasteiger partial charge in [0, 0.05) is 5.38 Å². The Morgan fingerprint density at radius 1 is 1.53 bits per heavy atom. The van der Waals surface area contributed by atoms with Crippen LogP contribution in [0.1, 0.15) is 17.4 Å². The summed E-state index contributed by atoms with van der Waals surface area (Å²) in [6, 6.07) is 7.58. The summed E-state index contributed by atoms with van der Waals surface area (Å²) >= 11 is 4.55. The summed E-state index contributed by atoms with van der Waals surface area (Å²) in [5.41, 5.74) is 0.332. The molecular formula is C12H12BrN3O2S. The van der Waals surface area contributed by atoms with Crippen molar-refractivity contribution in [2.24, 2.45) is 0 Å². The van der Waals surface area contributed by atoms with E-state index in [0.717, 1.165) is 21.8 Å². The summed E-state index contributed by atoms with van der Waals surface area (Å²) < 4.78 is 10.2. The molecule has 5 nitrogen and oxygen atoms in total. The standard InChI is InChI=1S/C12H12BrN3O2S/c1-8(18-11-5-3-2-4-9(11)13)6-14-12(17)10-7-19-16-15-10/h2-5,7-8H,6H2,1H3,(H,14,17)/t8-/m0/s1. The average molecular weight is 342 g/mol. The molecule has 1 amide bonds. The van der Waals surface area contributed by atoms with Gasteiger partial charge in [0.15, 0.2) is 5.69 Å². The van der Waals surface area contributed by atoms with Crippen LogP contribution in [0.5, 0.6) is 5.75 Å². The van der Waals surface area contributed by atoms with Crippen molar-refractivity contribution in [1.82, 2.24) is 14.9 Å². The van der Waals surface area contributed by atoms with Crippen LogP contribution < -0.4 is 10.1 Å². The summed E-state index contributed by atoms with van der Waals surface area (Å²) in [7, 11) is 0. The second kappa shape index (κ2) is 6.63. The highest BCUT2D eigenvalue weighted by Gasteiger charge is 2.11. The summed E-state index contributed by atoms with van der Waals surface area (Å²) in [6.07, 6.45) is -0.144. The number of carbonyl (C=O) groups excluding carboxylic acids is 1. The van der Waals surface area contributed by atoms with Crippen LogP contribution in [0, 0.1) is 0 Å². The van der Waals surface area contributed by atoms with Gasteiger partial charge in [0.05, 0.1) is 11.0 Å². The Hall–Kier alpha value is -1.47. The fourth-order valence-corrected chi connectivity index (χ4v) is 2.20. The topological polar surface area (TPSA) is 64.1 Å². The number of hydrogen-bond donors (Lipinski definition) is 1. The lowest BCUT2D eigenvalue weighted by Crippen LogP contribution is -2.33. The average Bonchev–Trinajstić information content (AvgIpc) is 2.93. The van der Waals surface area contributed by atoms with Crippen LogP contribution in [-0.4, -0.2) is 28.1 Å². The van der Waals surface area contributed by atoms with Gasteiger partial charge in [-0.2, -0.15) is 0 Å². The third-order valence-electron chi connectivity index (χ3n) is 2.31. The van der Waals surface area contributed by atoms with E-state index in [2.05, 4.69) is 30.8 Å². The van der Waals surface area contributed by atoms with E-state index in [9.17, 15) is 4.79 Å². The summed E-state index contributed by atoms with van der Waals surface area (Å²) in [5, 5.41) is 8.06. The van der Waals surface area contributed by atoms with E-state index in [0.29, 0.717) is 12.2 Å². The van der Waals surface area contributed by atoms with Gasteiger partial charge in [-0.05, 0) is 46.5 Å². The van der Waals surface area contributed by atoms with Crippen molar-refractivity contribution in [2.75, 3.05) is 6.54 Å². The lowest BCUT2D eigenvalue weighted by Gasteiger charge is -2.16. The quantitative estimate of drug-likeness (QED) is 0.907. The van der Waals surface area contributed by atoms with E-state index in [1.54, 1.807) is 5.38 Å². The minimum absolute atomic E-state index is 0.144. The van der Waals surface area contributed by atoms with Crippen molar-refractivity contribution in [3.05, 3.63) is 39.8 Å². The first-order chi connectivity index (χ1) is 9.16. The molecule has 1 atom stereocenters. The maximum absolute atomic E-state index is 11.7. The number of nitrogens with one attached hydrogen (secondary N) is 1. The molecule has 0 saturated heterocycles. The summed E-state index contributed by atoms with van der Waals surface area (Å²) in [4.78, 5) is 11.7. The molecule has 1 aromatic carbocycles. The molecule has 0 fully saturated rings. The Morgan fingerprint density at radius 2 is 2.32 bits per heavy atom. The van der Waals surface area contributed by atoms with E-state index < -0.39 is 0 Å². The summed E-state index contributed by atoms with van der Waals surface area (Å²) in [6.45, 7) is 2.29. The molecule has 1 N–H and O–H groups in total. The highest BCUT2D eigenvalue weighted by atomic mass is 79.9. The zero-order chi connectivity index (χ0) is 13.7. The zero-order valence-corrected chi connectivity index (χ0v) is 12.6. The second-order valence-electron chi connectivity index (χ2n) is 3.86. The fourth-order valence-electron chi connectivity index (χ4n) is 1.39. The number of ether oxygens (including phenoxy) is 1. The molecule has 19 heavy (non-hydrogen) atoms. The summed E-state index contributed by atoms with van der Waals surface area (Å²) in [5.74, 6) is 0.510. The van der Waals surface area contributed by atoms with Gasteiger partial charge in [-0.15, -0.1) is 5.10 Å². The molecule has 2 aromatic rings. The van der Waals surface area contributed by atoms with Gasteiger partial charge in [0.1, 0.15) is 11.9 Å². The number of para-hydroxylation sites is 1. The van der Waals surface area contributed by atoms with E-state index in [4.69, 9.17) is 4.74 Å². The number of nitrogens with zero attached hydrogens (tertiary/aromatic N) is 2. The van der Waals surface area contributed by atoms with Gasteiger partial charge in [-0.25, -0.2) is 0 Å². The van der Waals surface area contributed by atoms with E-state index >= 15 is 0 Å². The molecular weight excluding hydrogens is 330 g/mol. The molecule has 0 spiro atoms. The van der Waals surface area contributed by atoms with Crippen molar-refractivity contribution in [2.45, 2.75) is 13.0 Å². The maximum Gasteiger partial charge on any atom is 0.272 e. The lowest BCUT2D eigenvalue weighted by molar-refractivity contribution is 0.0927.